The van der Waals surface area contributed by atoms with Crippen molar-refractivity contribution in [3.63, 3.8) is 0 Å². The predicted octanol–water partition coefficient (Wildman–Crippen LogP) is 2.57. The normalized spacial score (nSPS) is 14.6. The SMILES string of the molecule is Cc1cccc(N2CCN(C(=O)NC(=O)c3ccco3)CC2)c1C. The molecule has 1 fully saturated rings. The van der Waals surface area contributed by atoms with Crippen LogP contribution in [0.25, 0.3) is 0 Å². The van der Waals surface area contributed by atoms with Crippen molar-refractivity contribution in [2.24, 2.45) is 0 Å². The first-order valence-electron chi connectivity index (χ1n) is 8.01. The molecule has 0 radical (unpaired) electrons. The number of anilines is 1. The molecule has 0 bridgehead atoms. The molecule has 2 aromatic rings. The molecule has 3 amide bonds. The van der Waals surface area contributed by atoms with Gasteiger partial charge in [-0.05, 0) is 43.2 Å². The number of imide groups is 1. The Morgan fingerprint density at radius 3 is 2.46 bits per heavy atom. The van der Waals surface area contributed by atoms with Gasteiger partial charge in [0.15, 0.2) is 5.76 Å². The number of amides is 3. The third-order valence-electron chi connectivity index (χ3n) is 4.45. The highest BCUT2D eigenvalue weighted by atomic mass is 16.3. The number of carbonyl (C=O) groups is 2. The molecule has 0 atom stereocenters. The van der Waals surface area contributed by atoms with Crippen molar-refractivity contribution < 1.29 is 14.0 Å². The summed E-state index contributed by atoms with van der Waals surface area (Å²) in [4.78, 5) is 28.0. The van der Waals surface area contributed by atoms with E-state index in [1.807, 2.05) is 0 Å². The van der Waals surface area contributed by atoms with Gasteiger partial charge in [-0.15, -0.1) is 0 Å². The Morgan fingerprint density at radius 2 is 1.79 bits per heavy atom. The Bertz CT molecular complexity index is 732. The maximum atomic E-state index is 12.2. The van der Waals surface area contributed by atoms with Crippen LogP contribution in [0.2, 0.25) is 0 Å². The molecule has 2 heterocycles. The molecular weight excluding hydrogens is 306 g/mol. The summed E-state index contributed by atoms with van der Waals surface area (Å²) in [5, 5.41) is 2.36. The van der Waals surface area contributed by atoms with Crippen molar-refractivity contribution in [2.75, 3.05) is 31.1 Å². The van der Waals surface area contributed by atoms with E-state index < -0.39 is 5.91 Å². The van der Waals surface area contributed by atoms with E-state index in [4.69, 9.17) is 4.42 Å². The van der Waals surface area contributed by atoms with E-state index in [2.05, 4.69) is 42.3 Å². The lowest BCUT2D eigenvalue weighted by molar-refractivity contribution is 0.0923. The minimum absolute atomic E-state index is 0.136. The monoisotopic (exact) mass is 327 g/mol. The summed E-state index contributed by atoms with van der Waals surface area (Å²) in [7, 11) is 0. The summed E-state index contributed by atoms with van der Waals surface area (Å²) in [6, 6.07) is 9.03. The molecule has 1 aliphatic heterocycles. The van der Waals surface area contributed by atoms with Gasteiger partial charge in [0.25, 0.3) is 5.91 Å². The second-order valence-electron chi connectivity index (χ2n) is 5.93. The second kappa shape index (κ2) is 6.78. The van der Waals surface area contributed by atoms with Crippen molar-refractivity contribution in [2.45, 2.75) is 13.8 Å². The van der Waals surface area contributed by atoms with Crippen LogP contribution in [0, 0.1) is 13.8 Å². The van der Waals surface area contributed by atoms with Gasteiger partial charge in [-0.1, -0.05) is 12.1 Å². The second-order valence-corrected chi connectivity index (χ2v) is 5.93. The fourth-order valence-electron chi connectivity index (χ4n) is 2.87. The number of nitrogens with one attached hydrogen (secondary N) is 1. The third kappa shape index (κ3) is 3.27. The molecule has 1 aliphatic rings. The van der Waals surface area contributed by atoms with Crippen molar-refractivity contribution in [1.29, 1.82) is 0 Å². The predicted molar refractivity (Wildman–Crippen MR) is 91.3 cm³/mol. The van der Waals surface area contributed by atoms with E-state index >= 15 is 0 Å². The number of piperazine rings is 1. The molecule has 1 N–H and O–H groups in total. The van der Waals surface area contributed by atoms with Gasteiger partial charge in [0, 0.05) is 31.9 Å². The number of carbonyl (C=O) groups excluding carboxylic acids is 2. The van der Waals surface area contributed by atoms with E-state index in [0.29, 0.717) is 13.1 Å². The molecule has 1 aromatic heterocycles. The van der Waals surface area contributed by atoms with Crippen LogP contribution in [0.5, 0.6) is 0 Å². The molecule has 3 rings (SSSR count). The summed E-state index contributed by atoms with van der Waals surface area (Å²) in [5.41, 5.74) is 3.74. The summed E-state index contributed by atoms with van der Waals surface area (Å²) in [6.07, 6.45) is 1.41. The summed E-state index contributed by atoms with van der Waals surface area (Å²) >= 11 is 0. The van der Waals surface area contributed by atoms with Crippen LogP contribution in [0.1, 0.15) is 21.7 Å². The van der Waals surface area contributed by atoms with Gasteiger partial charge in [0.05, 0.1) is 6.26 Å². The highest BCUT2D eigenvalue weighted by molar-refractivity contribution is 6.02. The summed E-state index contributed by atoms with van der Waals surface area (Å²) in [5.74, 6) is -0.376. The average Bonchev–Trinajstić information content (AvgIpc) is 3.12. The van der Waals surface area contributed by atoms with E-state index in [1.54, 1.807) is 11.0 Å². The van der Waals surface area contributed by atoms with E-state index in [9.17, 15) is 9.59 Å². The minimum atomic E-state index is -0.512. The zero-order valence-corrected chi connectivity index (χ0v) is 13.9. The lowest BCUT2D eigenvalue weighted by atomic mass is 10.1. The number of furan rings is 1. The maximum absolute atomic E-state index is 12.2. The molecule has 0 spiro atoms. The van der Waals surface area contributed by atoms with Crippen LogP contribution in [-0.4, -0.2) is 43.0 Å². The molecule has 6 heteroatoms. The molecule has 0 unspecified atom stereocenters. The van der Waals surface area contributed by atoms with Crippen LogP contribution in [-0.2, 0) is 0 Å². The van der Waals surface area contributed by atoms with Crippen molar-refractivity contribution in [3.8, 4) is 0 Å². The van der Waals surface area contributed by atoms with Crippen LogP contribution < -0.4 is 10.2 Å². The summed E-state index contributed by atoms with van der Waals surface area (Å²) < 4.78 is 4.99. The lowest BCUT2D eigenvalue weighted by Gasteiger charge is -2.36. The van der Waals surface area contributed by atoms with Crippen molar-refractivity contribution in [1.82, 2.24) is 10.2 Å². The van der Waals surface area contributed by atoms with E-state index in [1.165, 1.54) is 29.1 Å². The van der Waals surface area contributed by atoms with Gasteiger partial charge >= 0.3 is 6.03 Å². The molecule has 1 aromatic carbocycles. The van der Waals surface area contributed by atoms with Gasteiger partial charge in [-0.2, -0.15) is 0 Å². The van der Waals surface area contributed by atoms with Gasteiger partial charge < -0.3 is 14.2 Å². The Kier molecular flexibility index (Phi) is 4.55. The van der Waals surface area contributed by atoms with Crippen molar-refractivity contribution in [3.05, 3.63) is 53.5 Å². The van der Waals surface area contributed by atoms with Gasteiger partial charge in [-0.3, -0.25) is 10.1 Å². The topological polar surface area (TPSA) is 65.8 Å². The maximum Gasteiger partial charge on any atom is 0.324 e. The van der Waals surface area contributed by atoms with Gasteiger partial charge in [0.1, 0.15) is 0 Å². The quantitative estimate of drug-likeness (QED) is 0.921. The van der Waals surface area contributed by atoms with E-state index in [-0.39, 0.29) is 11.8 Å². The number of hydrogen-bond donors (Lipinski definition) is 1. The Morgan fingerprint density at radius 1 is 1.04 bits per heavy atom. The fraction of sp³-hybridized carbons (Fsp3) is 0.333. The summed E-state index contributed by atoms with van der Waals surface area (Å²) in [6.45, 7) is 6.85. The largest absolute Gasteiger partial charge is 0.459 e. The third-order valence-corrected chi connectivity index (χ3v) is 4.45. The van der Waals surface area contributed by atoms with E-state index in [0.717, 1.165) is 13.1 Å². The molecule has 24 heavy (non-hydrogen) atoms. The average molecular weight is 327 g/mol. The number of hydrogen-bond acceptors (Lipinski definition) is 4. The van der Waals surface area contributed by atoms with Crippen LogP contribution in [0.15, 0.2) is 41.0 Å². The Hall–Kier alpha value is -2.76. The first kappa shape index (κ1) is 16.1. The molecule has 0 saturated carbocycles. The first-order chi connectivity index (χ1) is 11.6. The number of nitrogens with zero attached hydrogens (tertiary/aromatic N) is 2. The molecule has 1 saturated heterocycles. The highest BCUT2D eigenvalue weighted by Gasteiger charge is 2.24. The van der Waals surface area contributed by atoms with Gasteiger partial charge in [0.2, 0.25) is 0 Å². The number of benzene rings is 1. The molecule has 126 valence electrons. The zero-order valence-electron chi connectivity index (χ0n) is 13.9. The number of urea groups is 1. The van der Waals surface area contributed by atoms with Crippen LogP contribution in [0.3, 0.4) is 0 Å². The highest BCUT2D eigenvalue weighted by Crippen LogP contribution is 2.23. The number of aryl methyl sites for hydroxylation is 1. The minimum Gasteiger partial charge on any atom is -0.459 e. The Balaban J connectivity index is 1.57. The standard InChI is InChI=1S/C18H21N3O3/c1-13-5-3-6-15(14(13)2)20-8-10-21(11-9-20)18(23)19-17(22)16-7-4-12-24-16/h3-7,12H,8-11H2,1-2H3,(H,19,22,23). The van der Waals surface area contributed by atoms with Crippen LogP contribution in [0.4, 0.5) is 10.5 Å². The van der Waals surface area contributed by atoms with Crippen LogP contribution >= 0.6 is 0 Å². The number of rotatable bonds is 2. The zero-order chi connectivity index (χ0) is 17.1. The smallest absolute Gasteiger partial charge is 0.324 e. The first-order valence-corrected chi connectivity index (χ1v) is 8.01. The van der Waals surface area contributed by atoms with Crippen molar-refractivity contribution >= 4 is 17.6 Å². The Labute approximate surface area is 141 Å². The van der Waals surface area contributed by atoms with Gasteiger partial charge in [-0.25, -0.2) is 4.79 Å². The molecular formula is C18H21N3O3. The lowest BCUT2D eigenvalue weighted by Crippen LogP contribution is -2.53. The molecule has 0 aliphatic carbocycles. The molecule has 6 nitrogen and oxygen atoms in total. The fourth-order valence-corrected chi connectivity index (χ4v) is 2.87.